The van der Waals surface area contributed by atoms with Crippen LogP contribution in [0, 0.1) is 0 Å². The topological polar surface area (TPSA) is 38.9 Å². The van der Waals surface area contributed by atoms with Crippen LogP contribution in [0.15, 0.2) is 40.9 Å². The molecule has 0 aliphatic carbocycles. The number of halogens is 4. The van der Waals surface area contributed by atoms with Crippen LogP contribution in [-0.4, -0.2) is 4.98 Å². The maximum absolute atomic E-state index is 12.8. The Morgan fingerprint density at radius 1 is 1.10 bits per heavy atom. The third kappa shape index (κ3) is 2.75. The third-order valence-corrected chi connectivity index (χ3v) is 4.68. The van der Waals surface area contributed by atoms with E-state index in [4.69, 9.17) is 5.73 Å². The number of anilines is 1. The fourth-order valence-electron chi connectivity index (χ4n) is 1.92. The molecule has 2 N–H and O–H groups in total. The van der Waals surface area contributed by atoms with Crippen molar-refractivity contribution in [2.24, 2.45) is 0 Å². The molecule has 1 heterocycles. The monoisotopic (exact) mass is 372 g/mol. The zero-order chi connectivity index (χ0) is 15.2. The minimum atomic E-state index is -4.38. The molecule has 7 heteroatoms. The molecule has 1 aromatic heterocycles. The molecule has 108 valence electrons. The standard InChI is InChI=1S/C14H8BrF3N2S/c15-10-3-1-7(14(16,17)18)5-9(10)13-20-11-4-2-8(19)6-12(11)21-13/h1-6H,19H2. The van der Waals surface area contributed by atoms with Crippen LogP contribution >= 0.6 is 27.3 Å². The Kier molecular flexibility index (Phi) is 3.41. The fraction of sp³-hybridized carbons (Fsp3) is 0.0714. The number of benzene rings is 2. The van der Waals surface area contributed by atoms with Gasteiger partial charge < -0.3 is 5.73 Å². The summed E-state index contributed by atoms with van der Waals surface area (Å²) in [5.41, 5.74) is 6.74. The van der Waals surface area contributed by atoms with Gasteiger partial charge in [-0.3, -0.25) is 0 Å². The molecule has 0 saturated heterocycles. The minimum absolute atomic E-state index is 0.421. The molecule has 0 amide bonds. The van der Waals surface area contributed by atoms with Gasteiger partial charge in [0.05, 0.1) is 15.8 Å². The van der Waals surface area contributed by atoms with Gasteiger partial charge in [0, 0.05) is 15.7 Å². The van der Waals surface area contributed by atoms with Crippen molar-refractivity contribution in [2.45, 2.75) is 6.18 Å². The summed E-state index contributed by atoms with van der Waals surface area (Å²) >= 11 is 4.59. The van der Waals surface area contributed by atoms with Crippen molar-refractivity contribution in [2.75, 3.05) is 5.73 Å². The third-order valence-electron chi connectivity index (χ3n) is 2.94. The first kappa shape index (κ1) is 14.3. The second kappa shape index (κ2) is 4.99. The normalized spacial score (nSPS) is 12.0. The molecule has 0 saturated carbocycles. The van der Waals surface area contributed by atoms with E-state index < -0.39 is 11.7 Å². The number of hydrogen-bond acceptors (Lipinski definition) is 3. The molecular formula is C14H8BrF3N2S. The van der Waals surface area contributed by atoms with Gasteiger partial charge in [0.1, 0.15) is 5.01 Å². The van der Waals surface area contributed by atoms with Crippen LogP contribution in [0.1, 0.15) is 5.56 Å². The molecule has 21 heavy (non-hydrogen) atoms. The van der Waals surface area contributed by atoms with Gasteiger partial charge in [-0.05, 0) is 36.4 Å². The molecule has 0 atom stereocenters. The summed E-state index contributed by atoms with van der Waals surface area (Å²) in [6.45, 7) is 0. The highest BCUT2D eigenvalue weighted by atomic mass is 79.9. The van der Waals surface area contributed by atoms with Gasteiger partial charge in [-0.1, -0.05) is 15.9 Å². The van der Waals surface area contributed by atoms with Gasteiger partial charge in [-0.2, -0.15) is 13.2 Å². The van der Waals surface area contributed by atoms with Gasteiger partial charge in [0.2, 0.25) is 0 Å². The summed E-state index contributed by atoms with van der Waals surface area (Å²) in [6, 6.07) is 8.76. The van der Waals surface area contributed by atoms with Gasteiger partial charge in [0.25, 0.3) is 0 Å². The summed E-state index contributed by atoms with van der Waals surface area (Å²) in [7, 11) is 0. The van der Waals surface area contributed by atoms with E-state index >= 15 is 0 Å². The number of nitrogen functional groups attached to an aromatic ring is 1. The van der Waals surface area contributed by atoms with Gasteiger partial charge in [-0.25, -0.2) is 4.98 Å². The Labute approximate surface area is 130 Å². The molecule has 0 radical (unpaired) electrons. The lowest BCUT2D eigenvalue weighted by atomic mass is 10.1. The predicted octanol–water partition coefficient (Wildman–Crippen LogP) is 5.33. The summed E-state index contributed by atoms with van der Waals surface area (Å²) in [5, 5.41) is 0.522. The Hall–Kier alpha value is -1.60. The molecule has 2 nitrogen and oxygen atoms in total. The van der Waals surface area contributed by atoms with Crippen molar-refractivity contribution < 1.29 is 13.2 Å². The Morgan fingerprint density at radius 2 is 1.86 bits per heavy atom. The Bertz CT molecular complexity index is 827. The number of hydrogen-bond donors (Lipinski definition) is 1. The van der Waals surface area contributed by atoms with Crippen LogP contribution in [0.3, 0.4) is 0 Å². The highest BCUT2D eigenvalue weighted by Gasteiger charge is 2.31. The number of fused-ring (bicyclic) bond motifs is 1. The first-order chi connectivity index (χ1) is 9.84. The first-order valence-corrected chi connectivity index (χ1v) is 7.49. The number of rotatable bonds is 1. The minimum Gasteiger partial charge on any atom is -0.399 e. The number of nitrogens with zero attached hydrogens (tertiary/aromatic N) is 1. The molecule has 3 rings (SSSR count). The first-order valence-electron chi connectivity index (χ1n) is 5.88. The van der Waals surface area contributed by atoms with Crippen LogP contribution in [0.4, 0.5) is 18.9 Å². The maximum atomic E-state index is 12.8. The number of thiazole rings is 1. The fourth-order valence-corrected chi connectivity index (χ4v) is 3.53. The van der Waals surface area contributed by atoms with E-state index in [-0.39, 0.29) is 0 Å². The number of nitrogens with two attached hydrogens (primary N) is 1. The predicted molar refractivity (Wildman–Crippen MR) is 82.2 cm³/mol. The Morgan fingerprint density at radius 3 is 2.57 bits per heavy atom. The lowest BCUT2D eigenvalue weighted by molar-refractivity contribution is -0.137. The molecular weight excluding hydrogens is 365 g/mol. The van der Waals surface area contributed by atoms with Crippen molar-refractivity contribution in [1.29, 1.82) is 0 Å². The van der Waals surface area contributed by atoms with Gasteiger partial charge in [-0.15, -0.1) is 11.3 Å². The van der Waals surface area contributed by atoms with Crippen LogP contribution in [0.25, 0.3) is 20.8 Å². The average molecular weight is 373 g/mol. The van der Waals surface area contributed by atoms with E-state index in [0.717, 1.165) is 16.8 Å². The molecule has 0 aliphatic heterocycles. The van der Waals surface area contributed by atoms with Crippen molar-refractivity contribution >= 4 is 43.2 Å². The zero-order valence-corrected chi connectivity index (χ0v) is 12.8. The molecule has 0 bridgehead atoms. The van der Waals surface area contributed by atoms with Crippen molar-refractivity contribution in [3.05, 3.63) is 46.4 Å². The maximum Gasteiger partial charge on any atom is 0.416 e. The summed E-state index contributed by atoms with van der Waals surface area (Å²) < 4.78 is 39.9. The smallest absolute Gasteiger partial charge is 0.399 e. The van der Waals surface area contributed by atoms with Crippen molar-refractivity contribution in [3.63, 3.8) is 0 Å². The molecule has 3 aromatic rings. The van der Waals surface area contributed by atoms with Crippen LogP contribution in [-0.2, 0) is 6.18 Å². The van der Waals surface area contributed by atoms with E-state index in [0.29, 0.717) is 26.2 Å². The number of aromatic nitrogens is 1. The highest BCUT2D eigenvalue weighted by Crippen LogP contribution is 2.39. The van der Waals surface area contributed by atoms with E-state index in [1.807, 2.05) is 0 Å². The van der Waals surface area contributed by atoms with Crippen LogP contribution in [0.2, 0.25) is 0 Å². The lowest BCUT2D eigenvalue weighted by Gasteiger charge is -2.08. The molecule has 0 spiro atoms. The molecule has 0 unspecified atom stereocenters. The SMILES string of the molecule is Nc1ccc2nc(-c3cc(C(F)(F)F)ccc3Br)sc2c1. The largest absolute Gasteiger partial charge is 0.416 e. The van der Waals surface area contributed by atoms with E-state index in [2.05, 4.69) is 20.9 Å². The lowest BCUT2D eigenvalue weighted by Crippen LogP contribution is -2.04. The van der Waals surface area contributed by atoms with Crippen LogP contribution < -0.4 is 5.73 Å². The van der Waals surface area contributed by atoms with Gasteiger partial charge in [0.15, 0.2) is 0 Å². The van der Waals surface area contributed by atoms with E-state index in [1.165, 1.54) is 17.4 Å². The van der Waals surface area contributed by atoms with Gasteiger partial charge >= 0.3 is 6.18 Å². The van der Waals surface area contributed by atoms with Crippen LogP contribution in [0.5, 0.6) is 0 Å². The summed E-state index contributed by atoms with van der Waals surface area (Å²) in [5.74, 6) is 0. The summed E-state index contributed by atoms with van der Waals surface area (Å²) in [4.78, 5) is 4.37. The van der Waals surface area contributed by atoms with E-state index in [9.17, 15) is 13.2 Å². The van der Waals surface area contributed by atoms with E-state index in [1.54, 1.807) is 18.2 Å². The second-order valence-electron chi connectivity index (χ2n) is 4.44. The van der Waals surface area contributed by atoms with Crippen molar-refractivity contribution in [3.8, 4) is 10.6 Å². The quantitative estimate of drug-likeness (QED) is 0.586. The highest BCUT2D eigenvalue weighted by molar-refractivity contribution is 9.10. The molecule has 0 fully saturated rings. The average Bonchev–Trinajstić information content (AvgIpc) is 2.80. The number of alkyl halides is 3. The molecule has 2 aromatic carbocycles. The zero-order valence-electron chi connectivity index (χ0n) is 10.4. The second-order valence-corrected chi connectivity index (χ2v) is 6.32. The Balaban J connectivity index is 2.17. The van der Waals surface area contributed by atoms with Crippen molar-refractivity contribution in [1.82, 2.24) is 4.98 Å². The summed E-state index contributed by atoms with van der Waals surface area (Å²) in [6.07, 6.45) is -4.38. The molecule has 0 aliphatic rings.